The highest BCUT2D eigenvalue weighted by Gasteiger charge is 2.12. The largest absolute Gasteiger partial charge is 0.320 e. The van der Waals surface area contributed by atoms with Gasteiger partial charge in [-0.05, 0) is 52.3 Å². The van der Waals surface area contributed by atoms with Crippen LogP contribution in [0.4, 0.5) is 14.5 Å². The van der Waals surface area contributed by atoms with Crippen LogP contribution < -0.4 is 5.32 Å². The van der Waals surface area contributed by atoms with Gasteiger partial charge in [0.05, 0.1) is 5.69 Å². The van der Waals surface area contributed by atoms with E-state index in [0.29, 0.717) is 10.2 Å². The molecule has 0 fully saturated rings. The van der Waals surface area contributed by atoms with Gasteiger partial charge >= 0.3 is 0 Å². The summed E-state index contributed by atoms with van der Waals surface area (Å²) in [4.78, 5) is 12.1. The second-order valence-electron chi connectivity index (χ2n) is 4.27. The number of nitrogens with one attached hydrogen (secondary N) is 1. The van der Waals surface area contributed by atoms with Crippen molar-refractivity contribution in [2.24, 2.45) is 0 Å². The number of hydrogen-bond donors (Lipinski definition) is 1. The lowest BCUT2D eigenvalue weighted by Gasteiger charge is -2.06. The summed E-state index contributed by atoms with van der Waals surface area (Å²) in [5.41, 5.74) is -0.0348. The van der Waals surface area contributed by atoms with Crippen LogP contribution in [0.15, 0.2) is 52.5 Å². The Labute approximate surface area is 134 Å². The molecule has 1 N–H and O–H groups in total. The Morgan fingerprint density at radius 3 is 2.64 bits per heavy atom. The lowest BCUT2D eigenvalue weighted by atomic mass is 10.1. The minimum atomic E-state index is -0.720. The third-order valence-electron chi connectivity index (χ3n) is 2.75. The van der Waals surface area contributed by atoms with Gasteiger partial charge in [-0.25, -0.2) is 8.78 Å². The number of para-hydroxylation sites is 1. The van der Waals surface area contributed by atoms with Crippen molar-refractivity contribution in [1.82, 2.24) is 0 Å². The lowest BCUT2D eigenvalue weighted by Crippen LogP contribution is -2.13. The summed E-state index contributed by atoms with van der Waals surface area (Å²) in [6, 6.07) is 11.3. The van der Waals surface area contributed by atoms with Crippen molar-refractivity contribution in [1.29, 1.82) is 5.26 Å². The molecule has 0 saturated heterocycles. The topological polar surface area (TPSA) is 52.9 Å². The van der Waals surface area contributed by atoms with Crippen LogP contribution in [-0.2, 0) is 4.79 Å². The second kappa shape index (κ2) is 6.96. The molecule has 3 nitrogen and oxygen atoms in total. The summed E-state index contributed by atoms with van der Waals surface area (Å²) >= 11 is 3.26. The fourth-order valence-corrected chi connectivity index (χ4v) is 2.07. The van der Waals surface area contributed by atoms with Crippen molar-refractivity contribution < 1.29 is 13.6 Å². The van der Waals surface area contributed by atoms with Crippen LogP contribution in [0.3, 0.4) is 0 Å². The lowest BCUT2D eigenvalue weighted by molar-refractivity contribution is -0.112. The molecule has 0 aromatic heterocycles. The Morgan fingerprint density at radius 1 is 1.23 bits per heavy atom. The van der Waals surface area contributed by atoms with E-state index in [-0.39, 0.29) is 11.1 Å². The van der Waals surface area contributed by atoms with E-state index in [9.17, 15) is 13.6 Å². The quantitative estimate of drug-likeness (QED) is 0.654. The SMILES string of the molecule is N#CC(=Cc1cc(F)ccc1F)C(=O)Nc1ccccc1Br. The average Bonchev–Trinajstić information content (AvgIpc) is 2.50. The van der Waals surface area contributed by atoms with E-state index in [1.807, 2.05) is 0 Å². The second-order valence-corrected chi connectivity index (χ2v) is 5.12. The van der Waals surface area contributed by atoms with E-state index in [1.54, 1.807) is 30.3 Å². The molecule has 2 rings (SSSR count). The van der Waals surface area contributed by atoms with Gasteiger partial charge in [0.25, 0.3) is 5.91 Å². The summed E-state index contributed by atoms with van der Waals surface area (Å²) in [5.74, 6) is -2.09. The van der Waals surface area contributed by atoms with E-state index in [1.165, 1.54) is 0 Å². The molecule has 0 unspecified atom stereocenters. The Hall–Kier alpha value is -2.52. The van der Waals surface area contributed by atoms with E-state index in [2.05, 4.69) is 21.2 Å². The first-order valence-electron chi connectivity index (χ1n) is 6.14. The van der Waals surface area contributed by atoms with Crippen molar-refractivity contribution >= 4 is 33.6 Å². The zero-order valence-corrected chi connectivity index (χ0v) is 12.7. The number of amides is 1. The summed E-state index contributed by atoms with van der Waals surface area (Å²) in [6.45, 7) is 0. The van der Waals surface area contributed by atoms with E-state index < -0.39 is 17.5 Å². The molecule has 22 heavy (non-hydrogen) atoms. The van der Waals surface area contributed by atoms with Crippen LogP contribution in [0.1, 0.15) is 5.56 Å². The van der Waals surface area contributed by atoms with Crippen molar-refractivity contribution in [2.75, 3.05) is 5.32 Å². The van der Waals surface area contributed by atoms with Crippen molar-refractivity contribution in [3.05, 3.63) is 69.7 Å². The smallest absolute Gasteiger partial charge is 0.266 e. The maximum atomic E-state index is 13.6. The number of halogens is 3. The maximum absolute atomic E-state index is 13.6. The molecule has 2 aromatic rings. The zero-order valence-electron chi connectivity index (χ0n) is 11.1. The van der Waals surface area contributed by atoms with Gasteiger partial charge in [-0.1, -0.05) is 12.1 Å². The molecule has 0 atom stereocenters. The van der Waals surface area contributed by atoms with Crippen molar-refractivity contribution in [2.45, 2.75) is 0 Å². The highest BCUT2D eigenvalue weighted by Crippen LogP contribution is 2.22. The monoisotopic (exact) mass is 362 g/mol. The average molecular weight is 363 g/mol. The summed E-state index contributed by atoms with van der Waals surface area (Å²) in [6.07, 6.45) is 1.00. The van der Waals surface area contributed by atoms with Crippen LogP contribution in [0.25, 0.3) is 6.08 Å². The predicted molar refractivity (Wildman–Crippen MR) is 82.7 cm³/mol. The molecular weight excluding hydrogens is 354 g/mol. The van der Waals surface area contributed by atoms with Crippen LogP contribution in [0.2, 0.25) is 0 Å². The van der Waals surface area contributed by atoms with Crippen molar-refractivity contribution in [3.63, 3.8) is 0 Å². The van der Waals surface area contributed by atoms with Crippen LogP contribution in [0, 0.1) is 23.0 Å². The van der Waals surface area contributed by atoms with Gasteiger partial charge < -0.3 is 5.32 Å². The first-order valence-corrected chi connectivity index (χ1v) is 6.93. The number of carbonyl (C=O) groups excluding carboxylic acids is 1. The first kappa shape index (κ1) is 15.9. The number of nitrogens with zero attached hydrogens (tertiary/aromatic N) is 1. The molecule has 0 aliphatic heterocycles. The number of anilines is 1. The molecule has 0 aliphatic carbocycles. The van der Waals surface area contributed by atoms with E-state index in [0.717, 1.165) is 24.3 Å². The number of carbonyl (C=O) groups is 1. The summed E-state index contributed by atoms with van der Waals surface area (Å²) in [7, 11) is 0. The van der Waals surface area contributed by atoms with Gasteiger partial charge in [0.15, 0.2) is 0 Å². The third kappa shape index (κ3) is 3.77. The molecular formula is C16H9BrF2N2O. The Morgan fingerprint density at radius 2 is 1.95 bits per heavy atom. The molecule has 0 radical (unpaired) electrons. The molecule has 110 valence electrons. The normalized spacial score (nSPS) is 10.9. The Balaban J connectivity index is 2.30. The number of nitriles is 1. The van der Waals surface area contributed by atoms with Crippen molar-refractivity contribution in [3.8, 4) is 6.07 Å². The molecule has 0 saturated carbocycles. The van der Waals surface area contributed by atoms with Gasteiger partial charge in [0.2, 0.25) is 0 Å². The minimum absolute atomic E-state index is 0.168. The van der Waals surface area contributed by atoms with Gasteiger partial charge in [0, 0.05) is 10.0 Å². The van der Waals surface area contributed by atoms with Crippen LogP contribution in [-0.4, -0.2) is 5.91 Å². The number of hydrogen-bond acceptors (Lipinski definition) is 2. The fraction of sp³-hybridized carbons (Fsp3) is 0. The van der Waals surface area contributed by atoms with Crippen LogP contribution in [0.5, 0.6) is 0 Å². The van der Waals surface area contributed by atoms with E-state index >= 15 is 0 Å². The Bertz CT molecular complexity index is 797. The number of benzene rings is 2. The molecule has 2 aromatic carbocycles. The summed E-state index contributed by atoms with van der Waals surface area (Å²) in [5, 5.41) is 11.6. The number of rotatable bonds is 3. The minimum Gasteiger partial charge on any atom is -0.320 e. The molecule has 0 aliphatic rings. The molecule has 0 spiro atoms. The molecule has 1 amide bonds. The third-order valence-corrected chi connectivity index (χ3v) is 3.44. The van der Waals surface area contributed by atoms with Gasteiger partial charge in [0.1, 0.15) is 23.3 Å². The first-order chi connectivity index (χ1) is 10.5. The molecule has 0 bridgehead atoms. The highest BCUT2D eigenvalue weighted by atomic mass is 79.9. The molecule has 6 heteroatoms. The standard InChI is InChI=1S/C16H9BrF2N2O/c17-13-3-1-2-4-15(13)21-16(22)11(9-20)7-10-8-12(18)5-6-14(10)19/h1-8H,(H,21,22). The van der Waals surface area contributed by atoms with E-state index in [4.69, 9.17) is 5.26 Å². The summed E-state index contributed by atoms with van der Waals surface area (Å²) < 4.78 is 27.3. The van der Waals surface area contributed by atoms with Gasteiger partial charge in [-0.15, -0.1) is 0 Å². The zero-order chi connectivity index (χ0) is 16.1. The molecule has 0 heterocycles. The van der Waals surface area contributed by atoms with Gasteiger partial charge in [-0.2, -0.15) is 5.26 Å². The fourth-order valence-electron chi connectivity index (χ4n) is 1.68. The predicted octanol–water partition coefficient (Wildman–Crippen LogP) is 4.27. The maximum Gasteiger partial charge on any atom is 0.266 e. The Kier molecular flexibility index (Phi) is 5.02. The highest BCUT2D eigenvalue weighted by molar-refractivity contribution is 9.10. The van der Waals surface area contributed by atoms with Gasteiger partial charge in [-0.3, -0.25) is 4.79 Å². The van der Waals surface area contributed by atoms with Crippen LogP contribution >= 0.6 is 15.9 Å².